The molecule has 132 valence electrons. The zero-order valence-electron chi connectivity index (χ0n) is 13.9. The lowest BCUT2D eigenvalue weighted by Gasteiger charge is -2.18. The van der Waals surface area contributed by atoms with Gasteiger partial charge in [-0.2, -0.15) is 4.98 Å². The molecule has 1 aromatic carbocycles. The summed E-state index contributed by atoms with van der Waals surface area (Å²) in [7, 11) is 3.73. The molecule has 2 heterocycles. The van der Waals surface area contributed by atoms with Crippen LogP contribution in [0, 0.1) is 5.82 Å². The summed E-state index contributed by atoms with van der Waals surface area (Å²) >= 11 is 5.97. The van der Waals surface area contributed by atoms with E-state index in [1.807, 2.05) is 19.0 Å². The first-order valence-corrected chi connectivity index (χ1v) is 8.23. The first-order chi connectivity index (χ1) is 12.0. The van der Waals surface area contributed by atoms with Crippen LogP contribution in [0.1, 0.15) is 16.8 Å². The fraction of sp³-hybridized carbons (Fsp3) is 0.353. The monoisotopic (exact) mass is 364 g/mol. The molecule has 0 radical (unpaired) electrons. The fourth-order valence-corrected chi connectivity index (χ4v) is 2.89. The van der Waals surface area contributed by atoms with Gasteiger partial charge in [0.15, 0.2) is 5.82 Å². The summed E-state index contributed by atoms with van der Waals surface area (Å²) < 4.78 is 19.8. The molecular formula is C17H18ClFN4O2. The van der Waals surface area contributed by atoms with Crippen molar-refractivity contribution in [3.05, 3.63) is 47.0 Å². The van der Waals surface area contributed by atoms with Crippen LogP contribution in [0.5, 0.6) is 5.88 Å². The molecule has 1 saturated heterocycles. The van der Waals surface area contributed by atoms with Crippen molar-refractivity contribution in [1.29, 1.82) is 0 Å². The van der Waals surface area contributed by atoms with Crippen LogP contribution in [-0.2, 0) is 0 Å². The van der Waals surface area contributed by atoms with E-state index in [1.54, 1.807) is 6.20 Å². The van der Waals surface area contributed by atoms with E-state index < -0.39 is 11.7 Å². The van der Waals surface area contributed by atoms with Gasteiger partial charge in [0.25, 0.3) is 5.91 Å². The summed E-state index contributed by atoms with van der Waals surface area (Å²) in [6, 6.07) is 4.20. The zero-order valence-corrected chi connectivity index (χ0v) is 14.7. The Morgan fingerprint density at radius 1 is 1.40 bits per heavy atom. The molecule has 8 heteroatoms. The summed E-state index contributed by atoms with van der Waals surface area (Å²) in [4.78, 5) is 24.3. The number of anilines is 1. The minimum absolute atomic E-state index is 0.0980. The number of halogens is 2. The smallest absolute Gasteiger partial charge is 0.258 e. The van der Waals surface area contributed by atoms with Crippen molar-refractivity contribution in [1.82, 2.24) is 14.9 Å². The molecule has 1 amide bonds. The molecule has 0 spiro atoms. The minimum atomic E-state index is -0.619. The maximum atomic E-state index is 13.9. The third kappa shape index (κ3) is 3.82. The quantitative estimate of drug-likeness (QED) is 0.834. The van der Waals surface area contributed by atoms with Crippen LogP contribution in [0.25, 0.3) is 0 Å². The average molecular weight is 365 g/mol. The van der Waals surface area contributed by atoms with E-state index in [4.69, 9.17) is 16.3 Å². The van der Waals surface area contributed by atoms with Gasteiger partial charge in [0.1, 0.15) is 11.9 Å². The second kappa shape index (κ2) is 7.23. The van der Waals surface area contributed by atoms with Crippen LogP contribution >= 0.6 is 11.6 Å². The summed E-state index contributed by atoms with van der Waals surface area (Å²) in [5.41, 5.74) is -0.0980. The van der Waals surface area contributed by atoms with E-state index in [2.05, 4.69) is 9.97 Å². The van der Waals surface area contributed by atoms with Gasteiger partial charge in [-0.05, 0) is 12.1 Å². The van der Waals surface area contributed by atoms with Gasteiger partial charge in [0.05, 0.1) is 29.5 Å². The van der Waals surface area contributed by atoms with Gasteiger partial charge in [-0.1, -0.05) is 17.7 Å². The number of rotatable bonds is 4. The van der Waals surface area contributed by atoms with Gasteiger partial charge in [-0.15, -0.1) is 0 Å². The van der Waals surface area contributed by atoms with Gasteiger partial charge in [0.2, 0.25) is 5.88 Å². The van der Waals surface area contributed by atoms with E-state index >= 15 is 0 Å². The maximum absolute atomic E-state index is 13.9. The molecule has 1 atom stereocenters. The predicted molar refractivity (Wildman–Crippen MR) is 92.7 cm³/mol. The van der Waals surface area contributed by atoms with Gasteiger partial charge < -0.3 is 14.5 Å². The van der Waals surface area contributed by atoms with E-state index in [0.717, 1.165) is 0 Å². The van der Waals surface area contributed by atoms with Crippen molar-refractivity contribution in [3.63, 3.8) is 0 Å². The second-order valence-corrected chi connectivity index (χ2v) is 6.39. The van der Waals surface area contributed by atoms with E-state index in [1.165, 1.54) is 29.3 Å². The SMILES string of the molecule is CN(C)c1cncc(OC2CCN(C(=O)c3c(F)cccc3Cl)C2)n1. The lowest BCUT2D eigenvalue weighted by molar-refractivity contribution is 0.0766. The maximum Gasteiger partial charge on any atom is 0.258 e. The molecule has 1 aromatic heterocycles. The number of aromatic nitrogens is 2. The molecule has 1 aliphatic rings. The molecule has 0 N–H and O–H groups in total. The van der Waals surface area contributed by atoms with Crippen LogP contribution in [0.2, 0.25) is 5.02 Å². The summed E-state index contributed by atoms with van der Waals surface area (Å²) in [5.74, 6) is 0.0322. The van der Waals surface area contributed by atoms with Crippen LogP contribution in [0.4, 0.5) is 10.2 Å². The Bertz CT molecular complexity index is 767. The Labute approximate surface area is 150 Å². The zero-order chi connectivity index (χ0) is 18.0. The third-order valence-electron chi connectivity index (χ3n) is 3.95. The highest BCUT2D eigenvalue weighted by Crippen LogP contribution is 2.24. The van der Waals surface area contributed by atoms with Gasteiger partial charge in [-0.3, -0.25) is 9.78 Å². The van der Waals surface area contributed by atoms with Crippen molar-refractivity contribution in [2.75, 3.05) is 32.1 Å². The normalized spacial score (nSPS) is 16.8. The Morgan fingerprint density at radius 2 is 2.20 bits per heavy atom. The largest absolute Gasteiger partial charge is 0.471 e. The van der Waals surface area contributed by atoms with Crippen molar-refractivity contribution >= 4 is 23.3 Å². The predicted octanol–water partition coefficient (Wildman–Crippen LogP) is 2.63. The van der Waals surface area contributed by atoms with E-state index in [-0.39, 0.29) is 16.7 Å². The lowest BCUT2D eigenvalue weighted by Crippen LogP contribution is -2.31. The number of likely N-dealkylation sites (tertiary alicyclic amines) is 1. The summed E-state index contributed by atoms with van der Waals surface area (Å²) in [6.45, 7) is 0.812. The molecular weight excluding hydrogens is 347 g/mol. The minimum Gasteiger partial charge on any atom is -0.471 e. The summed E-state index contributed by atoms with van der Waals surface area (Å²) in [6.07, 6.45) is 3.58. The van der Waals surface area contributed by atoms with Crippen LogP contribution in [0.3, 0.4) is 0 Å². The van der Waals surface area contributed by atoms with Gasteiger partial charge in [-0.25, -0.2) is 4.39 Å². The van der Waals surface area contributed by atoms with Crippen molar-refractivity contribution < 1.29 is 13.9 Å². The number of benzene rings is 1. The number of hydrogen-bond donors (Lipinski definition) is 0. The first-order valence-electron chi connectivity index (χ1n) is 7.85. The highest BCUT2D eigenvalue weighted by Gasteiger charge is 2.31. The highest BCUT2D eigenvalue weighted by atomic mass is 35.5. The Morgan fingerprint density at radius 3 is 2.92 bits per heavy atom. The number of amides is 1. The number of hydrogen-bond acceptors (Lipinski definition) is 5. The topological polar surface area (TPSA) is 58.6 Å². The molecule has 3 rings (SSSR count). The van der Waals surface area contributed by atoms with Crippen molar-refractivity contribution in [3.8, 4) is 5.88 Å². The Hall–Kier alpha value is -2.41. The van der Waals surface area contributed by atoms with Crippen molar-refractivity contribution in [2.45, 2.75) is 12.5 Å². The number of carbonyl (C=O) groups is 1. The van der Waals surface area contributed by atoms with Gasteiger partial charge in [0, 0.05) is 27.1 Å². The number of nitrogens with zero attached hydrogens (tertiary/aromatic N) is 4. The lowest BCUT2D eigenvalue weighted by atomic mass is 10.2. The Balaban J connectivity index is 1.68. The molecule has 2 aromatic rings. The number of ether oxygens (including phenoxy) is 1. The average Bonchev–Trinajstić information content (AvgIpc) is 3.03. The van der Waals surface area contributed by atoms with E-state index in [0.29, 0.717) is 31.2 Å². The van der Waals surface area contributed by atoms with Gasteiger partial charge >= 0.3 is 0 Å². The number of carbonyl (C=O) groups excluding carboxylic acids is 1. The second-order valence-electron chi connectivity index (χ2n) is 5.99. The molecule has 25 heavy (non-hydrogen) atoms. The highest BCUT2D eigenvalue weighted by molar-refractivity contribution is 6.33. The Kier molecular flexibility index (Phi) is 5.03. The summed E-state index contributed by atoms with van der Waals surface area (Å²) in [5, 5.41) is 0.110. The molecule has 0 bridgehead atoms. The van der Waals surface area contributed by atoms with Crippen LogP contribution < -0.4 is 9.64 Å². The van der Waals surface area contributed by atoms with Crippen LogP contribution in [0.15, 0.2) is 30.6 Å². The standard InChI is InChI=1S/C17H18ClFN4O2/c1-22(2)14-8-20-9-15(21-14)25-11-6-7-23(10-11)17(24)16-12(18)4-3-5-13(16)19/h3-5,8-9,11H,6-7,10H2,1-2H3. The van der Waals surface area contributed by atoms with Crippen LogP contribution in [-0.4, -0.2) is 54.1 Å². The molecule has 1 unspecified atom stereocenters. The van der Waals surface area contributed by atoms with E-state index in [9.17, 15) is 9.18 Å². The first kappa shape index (κ1) is 17.4. The molecule has 0 saturated carbocycles. The molecule has 0 aliphatic carbocycles. The third-order valence-corrected chi connectivity index (χ3v) is 4.27. The fourth-order valence-electron chi connectivity index (χ4n) is 2.65. The van der Waals surface area contributed by atoms with Crippen molar-refractivity contribution in [2.24, 2.45) is 0 Å². The molecule has 1 fully saturated rings. The molecule has 6 nitrogen and oxygen atoms in total. The molecule has 1 aliphatic heterocycles.